The minimum absolute atomic E-state index is 0. The molecule has 6 nitrogen and oxygen atoms in total. The molecule has 4 N–H and O–H groups in total. The van der Waals surface area contributed by atoms with Crippen molar-refractivity contribution in [3.63, 3.8) is 0 Å². The summed E-state index contributed by atoms with van der Waals surface area (Å²) in [6.07, 6.45) is 5.13. The van der Waals surface area contributed by atoms with Crippen molar-refractivity contribution < 1.29 is 9.53 Å². The molecule has 132 valence electrons. The number of carbonyl (C=O) groups excluding carboxylic acids is 1. The molecule has 0 saturated carbocycles. The number of ether oxygens (including phenoxy) is 1. The van der Waals surface area contributed by atoms with Gasteiger partial charge in [-0.1, -0.05) is 12.1 Å². The van der Waals surface area contributed by atoms with E-state index in [0.29, 0.717) is 13.2 Å². The van der Waals surface area contributed by atoms with Crippen LogP contribution in [0.5, 0.6) is 0 Å². The monoisotopic (exact) mass is 372 g/mol. The molecule has 1 aliphatic rings. The minimum Gasteiger partial charge on any atom is -0.381 e. The van der Waals surface area contributed by atoms with Crippen molar-refractivity contribution in [3.05, 3.63) is 36.7 Å². The fourth-order valence-corrected chi connectivity index (χ4v) is 2.68. The van der Waals surface area contributed by atoms with Gasteiger partial charge in [-0.05, 0) is 30.9 Å². The van der Waals surface area contributed by atoms with Gasteiger partial charge < -0.3 is 20.8 Å². The number of benzene rings is 1. The average Bonchev–Trinajstić information content (AvgIpc) is 3.10. The number of halogens is 2. The fourth-order valence-electron chi connectivity index (χ4n) is 2.68. The zero-order chi connectivity index (χ0) is 15.4. The Labute approximate surface area is 153 Å². The average molecular weight is 373 g/mol. The Morgan fingerprint density at radius 2 is 2.08 bits per heavy atom. The summed E-state index contributed by atoms with van der Waals surface area (Å²) in [5.74, 6) is 0.801. The molecule has 1 aromatic carbocycles. The Morgan fingerprint density at radius 1 is 1.33 bits per heavy atom. The number of nitrogens with one attached hydrogen (secondary N) is 2. The minimum atomic E-state index is -0.504. The van der Waals surface area contributed by atoms with Crippen molar-refractivity contribution in [3.8, 4) is 11.4 Å². The summed E-state index contributed by atoms with van der Waals surface area (Å²) >= 11 is 0. The number of hydrogen-bond donors (Lipinski definition) is 3. The van der Waals surface area contributed by atoms with E-state index in [0.717, 1.165) is 29.9 Å². The van der Waals surface area contributed by atoms with Crippen LogP contribution in [-0.2, 0) is 9.53 Å². The molecule has 8 heteroatoms. The third-order valence-corrected chi connectivity index (χ3v) is 3.98. The van der Waals surface area contributed by atoms with E-state index in [-0.39, 0.29) is 36.6 Å². The second-order valence-corrected chi connectivity index (χ2v) is 5.48. The molecule has 1 amide bonds. The maximum atomic E-state index is 12.3. The number of H-pyrrole nitrogens is 1. The van der Waals surface area contributed by atoms with Crippen molar-refractivity contribution in [2.24, 2.45) is 11.7 Å². The first-order valence-electron chi connectivity index (χ1n) is 7.48. The van der Waals surface area contributed by atoms with Gasteiger partial charge in [0, 0.05) is 36.9 Å². The standard InChI is InChI=1S/C16H20N4O2.2ClH/c17-14(11-4-8-22-9-5-11)16(21)20-13-3-1-2-12(10-13)15-18-6-7-19-15;;/h1-3,6-7,10-11,14H,4-5,8-9,17H2,(H,18,19)(H,20,21);2*1H. The zero-order valence-electron chi connectivity index (χ0n) is 13.1. The van der Waals surface area contributed by atoms with Gasteiger partial charge in [-0.3, -0.25) is 4.79 Å². The predicted molar refractivity (Wildman–Crippen MR) is 98.7 cm³/mol. The SMILES string of the molecule is Cl.Cl.NC(C(=O)Nc1cccc(-c2ncc[nH]2)c1)C1CCOCC1. The quantitative estimate of drug-likeness (QED) is 0.768. The van der Waals surface area contributed by atoms with E-state index in [1.807, 2.05) is 24.3 Å². The number of amides is 1. The summed E-state index contributed by atoms with van der Waals surface area (Å²) < 4.78 is 5.31. The van der Waals surface area contributed by atoms with Crippen LogP contribution >= 0.6 is 24.8 Å². The summed E-state index contributed by atoms with van der Waals surface area (Å²) in [5, 5.41) is 2.89. The number of hydrogen-bond acceptors (Lipinski definition) is 4. The highest BCUT2D eigenvalue weighted by molar-refractivity contribution is 5.95. The summed E-state index contributed by atoms with van der Waals surface area (Å²) in [7, 11) is 0. The number of aromatic nitrogens is 2. The Bertz CT molecular complexity index is 631. The lowest BCUT2D eigenvalue weighted by molar-refractivity contribution is -0.119. The van der Waals surface area contributed by atoms with Crippen LogP contribution in [0.3, 0.4) is 0 Å². The molecule has 0 aliphatic carbocycles. The van der Waals surface area contributed by atoms with Crippen molar-refractivity contribution in [2.45, 2.75) is 18.9 Å². The number of aromatic amines is 1. The van der Waals surface area contributed by atoms with E-state index < -0.39 is 6.04 Å². The first kappa shape index (κ1) is 20.4. The topological polar surface area (TPSA) is 93.0 Å². The van der Waals surface area contributed by atoms with Crippen LogP contribution in [0.15, 0.2) is 36.7 Å². The van der Waals surface area contributed by atoms with Gasteiger partial charge in [0.2, 0.25) is 5.91 Å². The van der Waals surface area contributed by atoms with E-state index in [2.05, 4.69) is 15.3 Å². The van der Waals surface area contributed by atoms with Crippen molar-refractivity contribution in [1.29, 1.82) is 0 Å². The maximum absolute atomic E-state index is 12.3. The number of carbonyl (C=O) groups is 1. The molecule has 1 saturated heterocycles. The van der Waals surface area contributed by atoms with Crippen molar-refractivity contribution in [2.75, 3.05) is 18.5 Å². The van der Waals surface area contributed by atoms with Gasteiger partial charge in [-0.2, -0.15) is 0 Å². The summed E-state index contributed by atoms with van der Waals surface area (Å²) in [6, 6.07) is 7.05. The molecule has 0 bridgehead atoms. The predicted octanol–water partition coefficient (Wildman–Crippen LogP) is 2.61. The highest BCUT2D eigenvalue weighted by Crippen LogP contribution is 2.21. The molecule has 1 unspecified atom stereocenters. The molecule has 0 radical (unpaired) electrons. The van der Waals surface area contributed by atoms with E-state index in [1.165, 1.54) is 0 Å². The molecule has 0 spiro atoms. The van der Waals surface area contributed by atoms with Gasteiger partial charge in [0.05, 0.1) is 6.04 Å². The molecule has 2 heterocycles. The molecular weight excluding hydrogens is 351 g/mol. The van der Waals surface area contributed by atoms with Crippen LogP contribution in [0.25, 0.3) is 11.4 Å². The van der Waals surface area contributed by atoms with Crippen LogP contribution in [0.2, 0.25) is 0 Å². The summed E-state index contributed by atoms with van der Waals surface area (Å²) in [5.41, 5.74) is 7.73. The van der Waals surface area contributed by atoms with E-state index in [9.17, 15) is 4.79 Å². The molecule has 1 aromatic heterocycles. The van der Waals surface area contributed by atoms with Gasteiger partial charge in [-0.15, -0.1) is 24.8 Å². The smallest absolute Gasteiger partial charge is 0.241 e. The van der Waals surface area contributed by atoms with E-state index >= 15 is 0 Å². The third kappa shape index (κ3) is 4.95. The molecule has 3 rings (SSSR count). The highest BCUT2D eigenvalue weighted by atomic mass is 35.5. The fraction of sp³-hybridized carbons (Fsp3) is 0.375. The van der Waals surface area contributed by atoms with E-state index in [1.54, 1.807) is 12.4 Å². The Morgan fingerprint density at radius 3 is 2.75 bits per heavy atom. The van der Waals surface area contributed by atoms with Crippen LogP contribution in [-0.4, -0.2) is 35.1 Å². The Balaban J connectivity index is 0.00000144. The first-order chi connectivity index (χ1) is 10.7. The Kier molecular flexibility index (Phi) is 8.21. The lowest BCUT2D eigenvalue weighted by atomic mass is 9.92. The molecular formula is C16H22Cl2N4O2. The Hall–Kier alpha value is -1.60. The zero-order valence-corrected chi connectivity index (χ0v) is 14.7. The van der Waals surface area contributed by atoms with Crippen LogP contribution in [0.1, 0.15) is 12.8 Å². The molecule has 24 heavy (non-hydrogen) atoms. The van der Waals surface area contributed by atoms with E-state index in [4.69, 9.17) is 10.5 Å². The second kappa shape index (κ2) is 9.64. The number of imidazole rings is 1. The summed E-state index contributed by atoms with van der Waals surface area (Å²) in [4.78, 5) is 19.6. The highest BCUT2D eigenvalue weighted by Gasteiger charge is 2.26. The first-order valence-corrected chi connectivity index (χ1v) is 7.48. The molecule has 2 aromatic rings. The van der Waals surface area contributed by atoms with Crippen LogP contribution in [0, 0.1) is 5.92 Å². The lowest BCUT2D eigenvalue weighted by Crippen LogP contribution is -2.44. The van der Waals surface area contributed by atoms with Crippen molar-refractivity contribution >= 4 is 36.4 Å². The lowest BCUT2D eigenvalue weighted by Gasteiger charge is -2.26. The number of anilines is 1. The van der Waals surface area contributed by atoms with Crippen LogP contribution in [0.4, 0.5) is 5.69 Å². The second-order valence-electron chi connectivity index (χ2n) is 5.48. The van der Waals surface area contributed by atoms with Gasteiger partial charge >= 0.3 is 0 Å². The molecule has 1 fully saturated rings. The van der Waals surface area contributed by atoms with Gasteiger partial charge in [0.15, 0.2) is 0 Å². The normalized spacial score (nSPS) is 15.7. The molecule has 1 atom stereocenters. The van der Waals surface area contributed by atoms with Crippen molar-refractivity contribution in [1.82, 2.24) is 9.97 Å². The van der Waals surface area contributed by atoms with Gasteiger partial charge in [-0.25, -0.2) is 4.98 Å². The van der Waals surface area contributed by atoms with Crippen LogP contribution < -0.4 is 11.1 Å². The number of nitrogens with zero attached hydrogens (tertiary/aromatic N) is 1. The maximum Gasteiger partial charge on any atom is 0.241 e. The van der Waals surface area contributed by atoms with Gasteiger partial charge in [0.25, 0.3) is 0 Å². The number of nitrogens with two attached hydrogens (primary N) is 1. The third-order valence-electron chi connectivity index (χ3n) is 3.98. The van der Waals surface area contributed by atoms with Gasteiger partial charge in [0.1, 0.15) is 5.82 Å². The summed E-state index contributed by atoms with van der Waals surface area (Å²) in [6.45, 7) is 1.36. The largest absolute Gasteiger partial charge is 0.381 e. The molecule has 1 aliphatic heterocycles. The number of rotatable bonds is 4.